The van der Waals surface area contributed by atoms with E-state index >= 15 is 0 Å². The second-order valence-corrected chi connectivity index (χ2v) is 7.56. The van der Waals surface area contributed by atoms with E-state index in [2.05, 4.69) is 11.8 Å². The van der Waals surface area contributed by atoms with E-state index in [1.807, 2.05) is 0 Å². The smallest absolute Gasteiger partial charge is 0.0249 e. The molecule has 0 aromatic heterocycles. The number of piperidine rings is 1. The summed E-state index contributed by atoms with van der Waals surface area (Å²) in [6.45, 7) is 5.01. The van der Waals surface area contributed by atoms with Crippen LogP contribution in [0.1, 0.15) is 71.1 Å². The molecule has 2 N–H and O–H groups in total. The Labute approximate surface area is 119 Å². The van der Waals surface area contributed by atoms with E-state index in [1.54, 1.807) is 0 Å². The van der Waals surface area contributed by atoms with Crippen LogP contribution in [-0.2, 0) is 0 Å². The van der Waals surface area contributed by atoms with Gasteiger partial charge in [0.2, 0.25) is 0 Å². The van der Waals surface area contributed by atoms with Gasteiger partial charge in [-0.15, -0.1) is 0 Å². The third-order valence-electron chi connectivity index (χ3n) is 6.55. The van der Waals surface area contributed by atoms with Gasteiger partial charge in [-0.25, -0.2) is 0 Å². The van der Waals surface area contributed by atoms with Crippen LogP contribution in [0.2, 0.25) is 0 Å². The Kier molecular flexibility index (Phi) is 4.19. The molecular weight excluding hydrogens is 232 g/mol. The van der Waals surface area contributed by atoms with Crippen molar-refractivity contribution in [3.05, 3.63) is 0 Å². The molecule has 19 heavy (non-hydrogen) atoms. The van der Waals surface area contributed by atoms with Gasteiger partial charge in [-0.2, -0.15) is 0 Å². The van der Waals surface area contributed by atoms with Crippen molar-refractivity contribution in [2.45, 2.75) is 83.2 Å². The Bertz CT molecular complexity index is 286. The highest BCUT2D eigenvalue weighted by Gasteiger charge is 2.40. The van der Waals surface area contributed by atoms with E-state index < -0.39 is 0 Å². The molecule has 0 bridgehead atoms. The lowest BCUT2D eigenvalue weighted by Gasteiger charge is -2.47. The van der Waals surface area contributed by atoms with E-state index in [-0.39, 0.29) is 0 Å². The fourth-order valence-corrected chi connectivity index (χ4v) is 5.00. The van der Waals surface area contributed by atoms with Gasteiger partial charge in [0.1, 0.15) is 0 Å². The van der Waals surface area contributed by atoms with Gasteiger partial charge in [-0.05, 0) is 69.4 Å². The molecule has 3 atom stereocenters. The topological polar surface area (TPSA) is 29.3 Å². The van der Waals surface area contributed by atoms with Crippen molar-refractivity contribution in [3.8, 4) is 0 Å². The molecular formula is C17H32N2. The number of likely N-dealkylation sites (tertiary alicyclic amines) is 1. The van der Waals surface area contributed by atoms with E-state index in [0.29, 0.717) is 12.1 Å². The van der Waals surface area contributed by atoms with E-state index in [0.717, 1.165) is 11.3 Å². The van der Waals surface area contributed by atoms with E-state index in [1.165, 1.54) is 77.3 Å². The van der Waals surface area contributed by atoms with Gasteiger partial charge in [0.15, 0.2) is 0 Å². The van der Waals surface area contributed by atoms with Crippen molar-refractivity contribution in [2.75, 3.05) is 13.1 Å². The molecule has 1 spiro atoms. The zero-order valence-electron chi connectivity index (χ0n) is 12.7. The molecule has 0 radical (unpaired) electrons. The molecule has 2 heteroatoms. The maximum atomic E-state index is 6.43. The Morgan fingerprint density at radius 2 is 1.74 bits per heavy atom. The van der Waals surface area contributed by atoms with E-state index in [9.17, 15) is 0 Å². The highest BCUT2D eigenvalue weighted by Crippen LogP contribution is 2.47. The predicted molar refractivity (Wildman–Crippen MR) is 81.1 cm³/mol. The van der Waals surface area contributed by atoms with Gasteiger partial charge in [0.05, 0.1) is 0 Å². The summed E-state index contributed by atoms with van der Waals surface area (Å²) in [5, 5.41) is 0. The summed E-state index contributed by atoms with van der Waals surface area (Å²) in [7, 11) is 0. The van der Waals surface area contributed by atoms with Crippen LogP contribution in [-0.4, -0.2) is 30.1 Å². The summed E-state index contributed by atoms with van der Waals surface area (Å²) in [6, 6.07) is 1.14. The van der Waals surface area contributed by atoms with Crippen LogP contribution in [0.15, 0.2) is 0 Å². The van der Waals surface area contributed by atoms with Crippen molar-refractivity contribution >= 4 is 0 Å². The Hall–Kier alpha value is -0.0800. The summed E-state index contributed by atoms with van der Waals surface area (Å²) in [5.41, 5.74) is 7.18. The SMILES string of the molecule is CCC1CCC(N)C(N2CCC3(CCCC3)CC2)C1. The van der Waals surface area contributed by atoms with Crippen LogP contribution in [0.25, 0.3) is 0 Å². The fraction of sp³-hybridized carbons (Fsp3) is 1.00. The third-order valence-corrected chi connectivity index (χ3v) is 6.55. The molecule has 2 saturated carbocycles. The van der Waals surface area contributed by atoms with Gasteiger partial charge in [-0.1, -0.05) is 26.2 Å². The van der Waals surface area contributed by atoms with Crippen molar-refractivity contribution in [1.82, 2.24) is 4.90 Å². The van der Waals surface area contributed by atoms with Crippen molar-refractivity contribution in [3.63, 3.8) is 0 Å². The molecule has 0 aromatic carbocycles. The maximum absolute atomic E-state index is 6.43. The second-order valence-electron chi connectivity index (χ2n) is 7.56. The van der Waals surface area contributed by atoms with Gasteiger partial charge in [0, 0.05) is 12.1 Å². The normalized spacial score (nSPS) is 39.8. The van der Waals surface area contributed by atoms with E-state index in [4.69, 9.17) is 5.73 Å². The molecule has 2 nitrogen and oxygen atoms in total. The Morgan fingerprint density at radius 3 is 2.37 bits per heavy atom. The predicted octanol–water partition coefficient (Wildman–Crippen LogP) is 3.55. The molecule has 0 aromatic rings. The van der Waals surface area contributed by atoms with Crippen LogP contribution in [0.3, 0.4) is 0 Å². The molecule has 0 amide bonds. The maximum Gasteiger partial charge on any atom is 0.0249 e. The second kappa shape index (κ2) is 5.73. The number of rotatable bonds is 2. The first kappa shape index (κ1) is 13.9. The Morgan fingerprint density at radius 1 is 1.05 bits per heavy atom. The molecule has 110 valence electrons. The standard InChI is InChI=1S/C17H32N2/c1-2-14-5-6-15(18)16(13-14)19-11-9-17(10-12-19)7-3-4-8-17/h14-16H,2-13,18H2,1H3. The highest BCUT2D eigenvalue weighted by molar-refractivity contribution is 4.95. The lowest BCUT2D eigenvalue weighted by molar-refractivity contribution is 0.0415. The average Bonchev–Trinajstić information content (AvgIpc) is 2.89. The molecule has 3 aliphatic rings. The minimum atomic E-state index is 0.445. The van der Waals surface area contributed by atoms with Gasteiger partial charge in [0.25, 0.3) is 0 Å². The number of nitrogens with two attached hydrogens (primary N) is 1. The number of nitrogens with zero attached hydrogens (tertiary/aromatic N) is 1. The largest absolute Gasteiger partial charge is 0.326 e. The van der Waals surface area contributed by atoms with Gasteiger partial charge in [-0.3, -0.25) is 4.90 Å². The molecule has 3 unspecified atom stereocenters. The lowest BCUT2D eigenvalue weighted by Crippen LogP contribution is -2.54. The minimum Gasteiger partial charge on any atom is -0.326 e. The minimum absolute atomic E-state index is 0.445. The molecule has 3 fully saturated rings. The Balaban J connectivity index is 1.57. The molecule has 3 rings (SSSR count). The fourth-order valence-electron chi connectivity index (χ4n) is 5.00. The zero-order chi connectivity index (χ0) is 13.3. The third kappa shape index (κ3) is 2.85. The van der Waals surface area contributed by atoms with Gasteiger partial charge >= 0.3 is 0 Å². The first-order chi connectivity index (χ1) is 9.22. The van der Waals surface area contributed by atoms with Crippen LogP contribution in [0.4, 0.5) is 0 Å². The van der Waals surface area contributed by atoms with Crippen LogP contribution in [0.5, 0.6) is 0 Å². The summed E-state index contributed by atoms with van der Waals surface area (Å²) >= 11 is 0. The highest BCUT2D eigenvalue weighted by atomic mass is 15.2. The zero-order valence-corrected chi connectivity index (χ0v) is 12.7. The molecule has 1 heterocycles. The molecule has 2 aliphatic carbocycles. The van der Waals surface area contributed by atoms with Gasteiger partial charge < -0.3 is 5.73 Å². The summed E-state index contributed by atoms with van der Waals surface area (Å²) in [5.74, 6) is 0.937. The monoisotopic (exact) mass is 264 g/mol. The van der Waals surface area contributed by atoms with Crippen molar-refractivity contribution < 1.29 is 0 Å². The number of hydrogen-bond acceptors (Lipinski definition) is 2. The quantitative estimate of drug-likeness (QED) is 0.826. The average molecular weight is 264 g/mol. The molecule has 1 aliphatic heterocycles. The number of hydrogen-bond donors (Lipinski definition) is 1. The van der Waals surface area contributed by atoms with Crippen molar-refractivity contribution in [2.24, 2.45) is 17.1 Å². The van der Waals surface area contributed by atoms with Crippen LogP contribution in [0, 0.1) is 11.3 Å². The lowest BCUT2D eigenvalue weighted by atomic mass is 9.75. The summed E-state index contributed by atoms with van der Waals surface area (Å²) in [6.07, 6.45) is 14.2. The summed E-state index contributed by atoms with van der Waals surface area (Å²) in [4.78, 5) is 2.76. The van der Waals surface area contributed by atoms with Crippen molar-refractivity contribution in [1.29, 1.82) is 0 Å². The summed E-state index contributed by atoms with van der Waals surface area (Å²) < 4.78 is 0. The molecule has 1 saturated heterocycles. The first-order valence-corrected chi connectivity index (χ1v) is 8.72. The first-order valence-electron chi connectivity index (χ1n) is 8.72. The van der Waals surface area contributed by atoms with Crippen LogP contribution < -0.4 is 5.73 Å². The van der Waals surface area contributed by atoms with Crippen LogP contribution >= 0.6 is 0 Å².